The van der Waals surface area contributed by atoms with Crippen molar-refractivity contribution < 1.29 is 22.8 Å². The second-order valence-corrected chi connectivity index (χ2v) is 5.15. The summed E-state index contributed by atoms with van der Waals surface area (Å²) in [6.07, 6.45) is -4.46. The molecule has 0 aliphatic carbocycles. The highest BCUT2D eigenvalue weighted by atomic mass is 32.2. The number of carbonyl (C=O) groups excluding carboxylic acids is 2. The topological polar surface area (TPSA) is 49.4 Å². The number of hydrogen-bond acceptors (Lipinski definition) is 3. The normalized spacial score (nSPS) is 14.9. The number of alkyl halides is 3. The first-order valence-corrected chi connectivity index (χ1v) is 6.71. The number of para-hydroxylation sites is 1. The molecule has 1 aromatic rings. The number of nitrogens with one attached hydrogen (secondary N) is 1. The maximum absolute atomic E-state index is 12.0. The van der Waals surface area contributed by atoms with Gasteiger partial charge in [-0.1, -0.05) is 12.1 Å². The molecule has 0 fully saturated rings. The number of carbonyl (C=O) groups is 2. The van der Waals surface area contributed by atoms with E-state index in [4.69, 9.17) is 0 Å². The van der Waals surface area contributed by atoms with Gasteiger partial charge in [0.05, 0.1) is 11.4 Å². The van der Waals surface area contributed by atoms with Crippen LogP contribution in [0.2, 0.25) is 0 Å². The van der Waals surface area contributed by atoms with Gasteiger partial charge >= 0.3 is 6.18 Å². The van der Waals surface area contributed by atoms with Gasteiger partial charge in [0.15, 0.2) is 0 Å². The van der Waals surface area contributed by atoms with Crippen molar-refractivity contribution in [2.45, 2.75) is 11.1 Å². The van der Waals surface area contributed by atoms with Crippen LogP contribution in [0, 0.1) is 0 Å². The smallest absolute Gasteiger partial charge is 0.345 e. The summed E-state index contributed by atoms with van der Waals surface area (Å²) in [5.41, 5.74) is 0.552. The van der Waals surface area contributed by atoms with E-state index < -0.39 is 25.2 Å². The van der Waals surface area contributed by atoms with Crippen molar-refractivity contribution in [2.24, 2.45) is 0 Å². The highest BCUT2D eigenvalue weighted by molar-refractivity contribution is 8.00. The Morgan fingerprint density at radius 2 is 2.05 bits per heavy atom. The summed E-state index contributed by atoms with van der Waals surface area (Å²) in [4.78, 5) is 25.3. The van der Waals surface area contributed by atoms with E-state index in [1.54, 1.807) is 29.6 Å². The molecule has 0 radical (unpaired) electrons. The van der Waals surface area contributed by atoms with Crippen molar-refractivity contribution in [2.75, 3.05) is 23.7 Å². The fourth-order valence-electron chi connectivity index (χ4n) is 1.73. The molecule has 2 rings (SSSR count). The number of thioether (sulfide) groups is 1. The molecule has 0 spiro atoms. The Labute approximate surface area is 117 Å². The van der Waals surface area contributed by atoms with Crippen LogP contribution in [-0.2, 0) is 9.59 Å². The van der Waals surface area contributed by atoms with Crippen LogP contribution in [0.4, 0.5) is 18.9 Å². The minimum Gasteiger partial charge on any atom is -0.345 e. The average molecular weight is 304 g/mol. The summed E-state index contributed by atoms with van der Waals surface area (Å²) in [5, 5.41) is 1.76. The Balaban J connectivity index is 2.05. The molecule has 1 aliphatic heterocycles. The van der Waals surface area contributed by atoms with Crippen molar-refractivity contribution in [1.82, 2.24) is 5.32 Å². The molecule has 1 aliphatic rings. The predicted molar refractivity (Wildman–Crippen MR) is 68.6 cm³/mol. The average Bonchev–Trinajstić information content (AvgIpc) is 2.39. The number of rotatable bonds is 3. The summed E-state index contributed by atoms with van der Waals surface area (Å²) in [7, 11) is 0. The Morgan fingerprint density at radius 3 is 2.75 bits per heavy atom. The van der Waals surface area contributed by atoms with Gasteiger partial charge in [-0.3, -0.25) is 9.59 Å². The van der Waals surface area contributed by atoms with Crippen LogP contribution in [0.5, 0.6) is 0 Å². The number of hydrogen-bond donors (Lipinski definition) is 1. The lowest BCUT2D eigenvalue weighted by Crippen LogP contribution is -2.45. The molecule has 4 nitrogen and oxygen atoms in total. The molecular weight excluding hydrogens is 293 g/mol. The number of fused-ring (bicyclic) bond motifs is 1. The zero-order valence-electron chi connectivity index (χ0n) is 10.2. The van der Waals surface area contributed by atoms with Gasteiger partial charge in [0.25, 0.3) is 0 Å². The van der Waals surface area contributed by atoms with Gasteiger partial charge in [-0.25, -0.2) is 0 Å². The van der Waals surface area contributed by atoms with Crippen molar-refractivity contribution in [3.63, 3.8) is 0 Å². The van der Waals surface area contributed by atoms with Gasteiger partial charge in [-0.05, 0) is 12.1 Å². The van der Waals surface area contributed by atoms with Crippen LogP contribution >= 0.6 is 11.8 Å². The van der Waals surface area contributed by atoms with E-state index in [1.165, 1.54) is 16.7 Å². The number of amides is 2. The van der Waals surface area contributed by atoms with Gasteiger partial charge in [0.2, 0.25) is 11.8 Å². The fourth-order valence-corrected chi connectivity index (χ4v) is 2.66. The van der Waals surface area contributed by atoms with Crippen LogP contribution in [0.25, 0.3) is 0 Å². The minimum absolute atomic E-state index is 0.170. The molecule has 0 bridgehead atoms. The number of anilines is 1. The SMILES string of the molecule is O=C(CN1C(=O)CSc2ccccc21)NCC(F)(F)F. The largest absolute Gasteiger partial charge is 0.405 e. The summed E-state index contributed by atoms with van der Waals surface area (Å²) in [6.45, 7) is -1.81. The summed E-state index contributed by atoms with van der Waals surface area (Å²) in [6, 6.07) is 6.96. The van der Waals surface area contributed by atoms with Gasteiger partial charge in [0, 0.05) is 4.90 Å². The maximum Gasteiger partial charge on any atom is 0.405 e. The van der Waals surface area contributed by atoms with Crippen molar-refractivity contribution >= 4 is 29.3 Å². The molecule has 1 aromatic carbocycles. The quantitative estimate of drug-likeness (QED) is 0.926. The molecule has 0 saturated heterocycles. The molecule has 8 heteroatoms. The molecule has 0 saturated carbocycles. The molecule has 1 heterocycles. The number of benzene rings is 1. The molecule has 0 unspecified atom stereocenters. The van der Waals surface area contributed by atoms with E-state index >= 15 is 0 Å². The molecular formula is C12H11F3N2O2S. The molecule has 0 aromatic heterocycles. The zero-order valence-corrected chi connectivity index (χ0v) is 11.1. The lowest BCUT2D eigenvalue weighted by molar-refractivity contribution is -0.137. The van der Waals surface area contributed by atoms with Crippen LogP contribution in [-0.4, -0.2) is 36.8 Å². The maximum atomic E-state index is 12.0. The first-order valence-electron chi connectivity index (χ1n) is 5.72. The minimum atomic E-state index is -4.46. The Hall–Kier alpha value is -1.70. The number of halogens is 3. The third-order valence-corrected chi connectivity index (χ3v) is 3.64. The first-order chi connectivity index (χ1) is 9.37. The second kappa shape index (κ2) is 5.74. The third-order valence-electron chi connectivity index (χ3n) is 2.60. The lowest BCUT2D eigenvalue weighted by atomic mass is 10.2. The summed E-state index contributed by atoms with van der Waals surface area (Å²) in [5.74, 6) is -0.961. The van der Waals surface area contributed by atoms with Gasteiger partial charge < -0.3 is 10.2 Å². The van der Waals surface area contributed by atoms with E-state index in [-0.39, 0.29) is 11.7 Å². The van der Waals surface area contributed by atoms with Gasteiger partial charge in [-0.15, -0.1) is 11.8 Å². The van der Waals surface area contributed by atoms with Crippen molar-refractivity contribution in [1.29, 1.82) is 0 Å². The van der Waals surface area contributed by atoms with E-state index in [0.29, 0.717) is 5.69 Å². The Bertz CT molecular complexity index is 534. The van der Waals surface area contributed by atoms with E-state index in [0.717, 1.165) is 4.90 Å². The second-order valence-electron chi connectivity index (χ2n) is 4.13. The summed E-state index contributed by atoms with van der Waals surface area (Å²) >= 11 is 1.34. The van der Waals surface area contributed by atoms with Crippen LogP contribution in [0.1, 0.15) is 0 Å². The predicted octanol–water partition coefficient (Wildman–Crippen LogP) is 1.80. The molecule has 1 N–H and O–H groups in total. The molecule has 0 atom stereocenters. The van der Waals surface area contributed by atoms with E-state index in [1.807, 2.05) is 0 Å². The van der Waals surface area contributed by atoms with Crippen LogP contribution in [0.3, 0.4) is 0 Å². The first kappa shape index (κ1) is 14.7. The molecule has 20 heavy (non-hydrogen) atoms. The monoisotopic (exact) mass is 304 g/mol. The van der Waals surface area contributed by atoms with Crippen LogP contribution < -0.4 is 10.2 Å². The summed E-state index contributed by atoms with van der Waals surface area (Å²) < 4.78 is 36.0. The van der Waals surface area contributed by atoms with Crippen molar-refractivity contribution in [3.8, 4) is 0 Å². The highest BCUT2D eigenvalue weighted by Gasteiger charge is 2.30. The van der Waals surface area contributed by atoms with Crippen LogP contribution in [0.15, 0.2) is 29.2 Å². The Kier molecular flexibility index (Phi) is 4.22. The van der Waals surface area contributed by atoms with Gasteiger partial charge in [0.1, 0.15) is 13.1 Å². The number of nitrogens with zero attached hydrogens (tertiary/aromatic N) is 1. The standard InChI is InChI=1S/C12H11F3N2O2S/c13-12(14,15)7-16-10(18)5-17-8-3-1-2-4-9(8)20-6-11(17)19/h1-4H,5-7H2,(H,16,18). The Morgan fingerprint density at radius 1 is 1.35 bits per heavy atom. The molecule has 108 valence electrons. The lowest BCUT2D eigenvalue weighted by Gasteiger charge is -2.28. The third kappa shape index (κ3) is 3.66. The van der Waals surface area contributed by atoms with E-state index in [9.17, 15) is 22.8 Å². The molecule has 2 amide bonds. The highest BCUT2D eigenvalue weighted by Crippen LogP contribution is 2.34. The zero-order chi connectivity index (χ0) is 14.8. The van der Waals surface area contributed by atoms with Crippen molar-refractivity contribution in [3.05, 3.63) is 24.3 Å². The fraction of sp³-hybridized carbons (Fsp3) is 0.333. The van der Waals surface area contributed by atoms with Gasteiger partial charge in [-0.2, -0.15) is 13.2 Å². The van der Waals surface area contributed by atoms with E-state index in [2.05, 4.69) is 0 Å².